The predicted molar refractivity (Wildman–Crippen MR) is 124 cm³/mol. The van der Waals surface area contributed by atoms with Crippen LogP contribution in [-0.2, 0) is 6.18 Å². The van der Waals surface area contributed by atoms with Gasteiger partial charge in [-0.3, -0.25) is 4.79 Å². The topological polar surface area (TPSA) is 69.0 Å². The van der Waals surface area contributed by atoms with E-state index in [0.717, 1.165) is 12.1 Å². The van der Waals surface area contributed by atoms with Crippen LogP contribution in [0.5, 0.6) is 6.01 Å². The highest BCUT2D eigenvalue weighted by molar-refractivity contribution is 7.12. The first-order chi connectivity index (χ1) is 16.2. The molecule has 10 heteroatoms. The molecule has 0 aliphatic carbocycles. The van der Waals surface area contributed by atoms with Gasteiger partial charge in [0.25, 0.3) is 5.91 Å². The van der Waals surface area contributed by atoms with Crippen molar-refractivity contribution in [3.63, 3.8) is 0 Å². The number of carbonyl (C=O) groups is 1. The van der Waals surface area contributed by atoms with E-state index in [1.165, 1.54) is 28.2 Å². The first kappa shape index (κ1) is 23.5. The van der Waals surface area contributed by atoms with Gasteiger partial charge >= 0.3 is 12.2 Å². The Morgan fingerprint density at radius 1 is 1.12 bits per heavy atom. The minimum absolute atomic E-state index is 0.0659. The van der Waals surface area contributed by atoms with Crippen LogP contribution in [0.4, 0.5) is 18.9 Å². The number of carbonyl (C=O) groups excluding carboxylic acids is 1. The summed E-state index contributed by atoms with van der Waals surface area (Å²) in [6.45, 7) is 4.29. The summed E-state index contributed by atoms with van der Waals surface area (Å²) in [6.07, 6.45) is -4.49. The minimum atomic E-state index is -4.49. The summed E-state index contributed by atoms with van der Waals surface area (Å²) >= 11 is 1.33. The second-order valence-electron chi connectivity index (χ2n) is 7.89. The zero-order valence-corrected chi connectivity index (χ0v) is 19.2. The molecule has 2 heterocycles. The van der Waals surface area contributed by atoms with Gasteiger partial charge in [-0.1, -0.05) is 32.0 Å². The van der Waals surface area contributed by atoms with Crippen LogP contribution in [0.1, 0.15) is 29.1 Å². The summed E-state index contributed by atoms with van der Waals surface area (Å²) in [7, 11) is 0. The van der Waals surface area contributed by atoms with Gasteiger partial charge in [-0.25, -0.2) is 4.68 Å². The molecule has 0 fully saturated rings. The fourth-order valence-corrected chi connectivity index (χ4v) is 3.70. The molecule has 4 aromatic rings. The van der Waals surface area contributed by atoms with Crippen molar-refractivity contribution in [2.45, 2.75) is 20.0 Å². The van der Waals surface area contributed by atoms with Crippen molar-refractivity contribution in [2.24, 2.45) is 5.92 Å². The monoisotopic (exact) mass is 486 g/mol. The number of nitrogens with one attached hydrogen (secondary N) is 1. The number of anilines is 1. The van der Waals surface area contributed by atoms with E-state index in [-0.39, 0.29) is 29.2 Å². The molecule has 4 rings (SSSR count). The predicted octanol–water partition coefficient (Wildman–Crippen LogP) is 6.30. The highest BCUT2D eigenvalue weighted by atomic mass is 32.1. The van der Waals surface area contributed by atoms with E-state index in [0.29, 0.717) is 22.9 Å². The number of alkyl halides is 3. The Morgan fingerprint density at radius 2 is 1.88 bits per heavy atom. The summed E-state index contributed by atoms with van der Waals surface area (Å²) in [4.78, 5) is 17.2. The molecule has 0 radical (unpaired) electrons. The normalized spacial score (nSPS) is 11.6. The molecule has 1 amide bonds. The molecule has 0 aliphatic heterocycles. The average molecular weight is 487 g/mol. The third kappa shape index (κ3) is 5.45. The third-order valence-corrected chi connectivity index (χ3v) is 5.56. The van der Waals surface area contributed by atoms with Gasteiger partial charge in [0.2, 0.25) is 0 Å². The first-order valence-electron chi connectivity index (χ1n) is 10.4. The lowest BCUT2D eigenvalue weighted by molar-refractivity contribution is -0.137. The molecular formula is C24H21F3N4O2S. The van der Waals surface area contributed by atoms with E-state index in [4.69, 9.17) is 4.74 Å². The fourth-order valence-electron chi connectivity index (χ4n) is 3.08. The maximum Gasteiger partial charge on any atom is 0.416 e. The lowest BCUT2D eigenvalue weighted by atomic mass is 10.1. The van der Waals surface area contributed by atoms with Gasteiger partial charge in [-0.05, 0) is 53.8 Å². The molecule has 0 saturated heterocycles. The molecule has 0 bridgehead atoms. The number of benzene rings is 2. The van der Waals surface area contributed by atoms with Crippen LogP contribution in [0, 0.1) is 5.92 Å². The largest absolute Gasteiger partial charge is 0.462 e. The molecule has 1 N–H and O–H groups in total. The van der Waals surface area contributed by atoms with Crippen molar-refractivity contribution < 1.29 is 22.7 Å². The van der Waals surface area contributed by atoms with Gasteiger partial charge in [0.1, 0.15) is 0 Å². The Labute approximate surface area is 198 Å². The van der Waals surface area contributed by atoms with Crippen LogP contribution in [-0.4, -0.2) is 27.3 Å². The van der Waals surface area contributed by atoms with Crippen molar-refractivity contribution in [3.8, 4) is 23.1 Å². The van der Waals surface area contributed by atoms with Crippen LogP contribution in [0.2, 0.25) is 0 Å². The zero-order chi connectivity index (χ0) is 24.3. The molecule has 2 aromatic heterocycles. The number of hydrogen-bond donors (Lipinski definition) is 1. The van der Waals surface area contributed by atoms with E-state index in [9.17, 15) is 18.0 Å². The summed E-state index contributed by atoms with van der Waals surface area (Å²) in [5.41, 5.74) is 0.584. The van der Waals surface area contributed by atoms with Crippen molar-refractivity contribution in [1.29, 1.82) is 0 Å². The van der Waals surface area contributed by atoms with Crippen molar-refractivity contribution >= 4 is 22.9 Å². The second kappa shape index (κ2) is 9.68. The Morgan fingerprint density at radius 3 is 2.53 bits per heavy atom. The Bertz CT molecular complexity index is 1270. The number of rotatable bonds is 7. The van der Waals surface area contributed by atoms with Gasteiger partial charge < -0.3 is 10.1 Å². The summed E-state index contributed by atoms with van der Waals surface area (Å²) < 4.78 is 46.9. The van der Waals surface area contributed by atoms with Crippen LogP contribution in [0.25, 0.3) is 17.1 Å². The van der Waals surface area contributed by atoms with E-state index in [1.807, 2.05) is 19.2 Å². The van der Waals surface area contributed by atoms with Crippen molar-refractivity contribution in [1.82, 2.24) is 14.8 Å². The molecule has 0 aliphatic rings. The maximum atomic E-state index is 13.3. The van der Waals surface area contributed by atoms with Crippen LogP contribution in [0.3, 0.4) is 0 Å². The van der Waals surface area contributed by atoms with E-state index < -0.39 is 11.7 Å². The average Bonchev–Trinajstić information content (AvgIpc) is 3.48. The minimum Gasteiger partial charge on any atom is -0.462 e. The number of halogens is 3. The molecule has 0 unspecified atom stereocenters. The summed E-state index contributed by atoms with van der Waals surface area (Å²) in [5, 5.41) is 8.99. The summed E-state index contributed by atoms with van der Waals surface area (Å²) in [6, 6.07) is 15.3. The van der Waals surface area contributed by atoms with Crippen LogP contribution < -0.4 is 10.1 Å². The zero-order valence-electron chi connectivity index (χ0n) is 18.3. The number of amides is 1. The molecule has 0 spiro atoms. The molecule has 0 saturated carbocycles. The molecule has 176 valence electrons. The van der Waals surface area contributed by atoms with Gasteiger partial charge in [-0.2, -0.15) is 18.2 Å². The van der Waals surface area contributed by atoms with Gasteiger partial charge in [-0.15, -0.1) is 16.4 Å². The molecule has 34 heavy (non-hydrogen) atoms. The molecule has 0 atom stereocenters. The fraction of sp³-hybridized carbons (Fsp3) is 0.208. The maximum absolute atomic E-state index is 13.3. The smallest absolute Gasteiger partial charge is 0.416 e. The SMILES string of the molecule is CC(C)COc1nc(-c2cccc(C(F)(F)F)c2)n(-c2ccc(NC(=O)c3cccs3)cc2)n1. The van der Waals surface area contributed by atoms with Gasteiger partial charge in [0.05, 0.1) is 22.7 Å². The quantitative estimate of drug-likeness (QED) is 0.333. The van der Waals surface area contributed by atoms with E-state index in [2.05, 4.69) is 15.4 Å². The van der Waals surface area contributed by atoms with E-state index in [1.54, 1.807) is 36.4 Å². The van der Waals surface area contributed by atoms with Crippen molar-refractivity contribution in [2.75, 3.05) is 11.9 Å². The first-order valence-corrected chi connectivity index (χ1v) is 11.3. The van der Waals surface area contributed by atoms with Crippen molar-refractivity contribution in [3.05, 3.63) is 76.5 Å². The molecular weight excluding hydrogens is 465 g/mol. The highest BCUT2D eigenvalue weighted by Crippen LogP contribution is 2.33. The van der Waals surface area contributed by atoms with E-state index >= 15 is 0 Å². The Kier molecular flexibility index (Phi) is 6.69. The summed E-state index contributed by atoms with van der Waals surface area (Å²) in [5.74, 6) is 0.202. The number of nitrogens with zero attached hydrogens (tertiary/aromatic N) is 3. The number of aromatic nitrogens is 3. The third-order valence-electron chi connectivity index (χ3n) is 4.70. The lowest BCUT2D eigenvalue weighted by Gasteiger charge is -2.10. The van der Waals surface area contributed by atoms with Crippen LogP contribution in [0.15, 0.2) is 66.0 Å². The van der Waals surface area contributed by atoms with Gasteiger partial charge in [0.15, 0.2) is 5.82 Å². The Balaban J connectivity index is 1.67. The number of hydrogen-bond acceptors (Lipinski definition) is 5. The molecule has 6 nitrogen and oxygen atoms in total. The number of ether oxygens (including phenoxy) is 1. The Hall–Kier alpha value is -3.66. The van der Waals surface area contributed by atoms with Crippen LogP contribution >= 0.6 is 11.3 Å². The standard InChI is InChI=1S/C24H21F3N4O2S/c1-15(2)14-33-23-29-21(16-5-3-6-17(13-16)24(25,26)27)31(30-23)19-10-8-18(9-11-19)28-22(32)20-7-4-12-34-20/h3-13,15H,14H2,1-2H3,(H,28,32). The lowest BCUT2D eigenvalue weighted by Crippen LogP contribution is -2.10. The highest BCUT2D eigenvalue weighted by Gasteiger charge is 2.31. The molecule has 2 aromatic carbocycles. The second-order valence-corrected chi connectivity index (χ2v) is 8.84. The van der Waals surface area contributed by atoms with Gasteiger partial charge in [0, 0.05) is 11.3 Å². The number of thiophene rings is 1.